The molecule has 0 bridgehead atoms. The minimum atomic E-state index is -0.914. The molecule has 1 fully saturated rings. The van der Waals surface area contributed by atoms with Crippen molar-refractivity contribution in [1.29, 1.82) is 0 Å². The molecule has 11 heavy (non-hydrogen) atoms. The Morgan fingerprint density at radius 2 is 1.64 bits per heavy atom. The molecule has 0 amide bonds. The molecule has 0 aromatic carbocycles. The van der Waals surface area contributed by atoms with E-state index in [1.807, 2.05) is 6.08 Å². The van der Waals surface area contributed by atoms with Crippen LogP contribution in [0.5, 0.6) is 0 Å². The fourth-order valence-corrected chi connectivity index (χ4v) is 1.55. The summed E-state index contributed by atoms with van der Waals surface area (Å²) in [5.41, 5.74) is -0.714. The van der Waals surface area contributed by atoms with Gasteiger partial charge in [-0.05, 0) is 38.0 Å². The van der Waals surface area contributed by atoms with Gasteiger partial charge in [-0.1, -0.05) is 13.0 Å². The lowest BCUT2D eigenvalue weighted by atomic mass is 9.71. The van der Waals surface area contributed by atoms with E-state index < -0.39 is 5.67 Å². The quantitative estimate of drug-likeness (QED) is 0.510. The van der Waals surface area contributed by atoms with Crippen LogP contribution < -0.4 is 0 Å². The van der Waals surface area contributed by atoms with Crippen molar-refractivity contribution in [2.45, 2.75) is 45.2 Å². The summed E-state index contributed by atoms with van der Waals surface area (Å²) in [5.74, 6) is 0. The Bertz CT molecular complexity index is 148. The fraction of sp³-hybridized carbons (Fsp3) is 0.800. The van der Waals surface area contributed by atoms with Gasteiger partial charge in [0.15, 0.2) is 0 Å². The lowest BCUT2D eigenvalue weighted by Gasteiger charge is -2.36. The van der Waals surface area contributed by atoms with Crippen LogP contribution in [0.15, 0.2) is 12.7 Å². The molecule has 0 radical (unpaired) electrons. The molecular weight excluding hydrogens is 139 g/mol. The minimum absolute atomic E-state index is 0.200. The SMILES string of the molecule is C=CC1(C)CCC(C)(F)CC1. The maximum absolute atomic E-state index is 13.3. The topological polar surface area (TPSA) is 0 Å². The predicted octanol–water partition coefficient (Wildman–Crippen LogP) is 3.48. The maximum atomic E-state index is 13.3. The number of alkyl halides is 1. The van der Waals surface area contributed by atoms with Crippen molar-refractivity contribution in [3.05, 3.63) is 12.7 Å². The van der Waals surface area contributed by atoms with Crippen LogP contribution in [-0.4, -0.2) is 5.67 Å². The van der Waals surface area contributed by atoms with Crippen LogP contribution in [0.2, 0.25) is 0 Å². The van der Waals surface area contributed by atoms with Crippen LogP contribution in [0.1, 0.15) is 39.5 Å². The normalized spacial score (nSPS) is 45.4. The molecule has 1 heteroatoms. The number of hydrogen-bond donors (Lipinski definition) is 0. The molecule has 1 rings (SSSR count). The molecule has 0 spiro atoms. The molecule has 0 atom stereocenters. The average molecular weight is 156 g/mol. The van der Waals surface area contributed by atoms with Gasteiger partial charge in [0, 0.05) is 0 Å². The van der Waals surface area contributed by atoms with Crippen LogP contribution >= 0.6 is 0 Å². The zero-order valence-corrected chi connectivity index (χ0v) is 7.49. The van der Waals surface area contributed by atoms with E-state index in [9.17, 15) is 4.39 Å². The fourth-order valence-electron chi connectivity index (χ4n) is 1.55. The van der Waals surface area contributed by atoms with Crippen LogP contribution in [0, 0.1) is 5.41 Å². The molecule has 0 aromatic heterocycles. The zero-order chi connectivity index (χ0) is 8.54. The second kappa shape index (κ2) is 2.62. The molecule has 0 saturated heterocycles. The molecule has 0 heterocycles. The summed E-state index contributed by atoms with van der Waals surface area (Å²) in [4.78, 5) is 0. The Labute approximate surface area is 68.5 Å². The highest BCUT2D eigenvalue weighted by molar-refractivity contribution is 4.97. The molecule has 0 unspecified atom stereocenters. The first kappa shape index (κ1) is 8.76. The standard InChI is InChI=1S/C10H17F/c1-4-9(2)5-7-10(3,11)8-6-9/h4H,1,5-8H2,2-3H3. The van der Waals surface area contributed by atoms with Gasteiger partial charge in [0.1, 0.15) is 5.67 Å². The number of rotatable bonds is 1. The van der Waals surface area contributed by atoms with Crippen LogP contribution in [-0.2, 0) is 0 Å². The number of hydrogen-bond acceptors (Lipinski definition) is 0. The van der Waals surface area contributed by atoms with E-state index in [1.54, 1.807) is 6.92 Å². The molecule has 0 aromatic rings. The summed E-state index contributed by atoms with van der Waals surface area (Å²) >= 11 is 0. The average Bonchev–Trinajstić information content (AvgIpc) is 1.97. The summed E-state index contributed by atoms with van der Waals surface area (Å²) in [6.45, 7) is 7.65. The van der Waals surface area contributed by atoms with Crippen molar-refractivity contribution in [3.63, 3.8) is 0 Å². The van der Waals surface area contributed by atoms with E-state index in [0.717, 1.165) is 12.8 Å². The molecule has 1 aliphatic carbocycles. The first-order chi connectivity index (χ1) is 4.97. The van der Waals surface area contributed by atoms with E-state index in [0.29, 0.717) is 12.8 Å². The summed E-state index contributed by atoms with van der Waals surface area (Å²) in [6.07, 6.45) is 5.25. The van der Waals surface area contributed by atoms with Gasteiger partial charge in [0.2, 0.25) is 0 Å². The Hall–Kier alpha value is -0.330. The smallest absolute Gasteiger partial charge is 0.108 e. The predicted molar refractivity (Wildman–Crippen MR) is 46.3 cm³/mol. The second-order valence-corrected chi connectivity index (χ2v) is 4.27. The molecule has 1 aliphatic rings. The summed E-state index contributed by atoms with van der Waals surface area (Å²) in [6, 6.07) is 0. The highest BCUT2D eigenvalue weighted by atomic mass is 19.1. The van der Waals surface area contributed by atoms with Crippen molar-refractivity contribution in [1.82, 2.24) is 0 Å². The van der Waals surface area contributed by atoms with Crippen LogP contribution in [0.25, 0.3) is 0 Å². The van der Waals surface area contributed by atoms with Crippen molar-refractivity contribution >= 4 is 0 Å². The van der Waals surface area contributed by atoms with Crippen molar-refractivity contribution in [2.24, 2.45) is 5.41 Å². The molecular formula is C10H17F. The van der Waals surface area contributed by atoms with Gasteiger partial charge in [0.05, 0.1) is 0 Å². The molecule has 64 valence electrons. The van der Waals surface area contributed by atoms with Crippen LogP contribution in [0.4, 0.5) is 4.39 Å². The summed E-state index contributed by atoms with van der Waals surface area (Å²) in [5, 5.41) is 0. The van der Waals surface area contributed by atoms with E-state index in [-0.39, 0.29) is 5.41 Å². The lowest BCUT2D eigenvalue weighted by molar-refractivity contribution is 0.0833. The Kier molecular flexibility index (Phi) is 2.08. The van der Waals surface area contributed by atoms with Gasteiger partial charge in [-0.3, -0.25) is 0 Å². The largest absolute Gasteiger partial charge is 0.244 e. The second-order valence-electron chi connectivity index (χ2n) is 4.27. The summed E-state index contributed by atoms with van der Waals surface area (Å²) < 4.78 is 13.3. The van der Waals surface area contributed by atoms with Gasteiger partial charge in [-0.2, -0.15) is 0 Å². The van der Waals surface area contributed by atoms with Gasteiger partial charge in [-0.15, -0.1) is 6.58 Å². The van der Waals surface area contributed by atoms with Crippen molar-refractivity contribution in [2.75, 3.05) is 0 Å². The maximum Gasteiger partial charge on any atom is 0.108 e. The Morgan fingerprint density at radius 3 is 2.00 bits per heavy atom. The minimum Gasteiger partial charge on any atom is -0.244 e. The molecule has 0 aliphatic heterocycles. The van der Waals surface area contributed by atoms with E-state index in [2.05, 4.69) is 13.5 Å². The molecule has 0 N–H and O–H groups in total. The molecule has 0 nitrogen and oxygen atoms in total. The third-order valence-electron chi connectivity index (χ3n) is 2.93. The van der Waals surface area contributed by atoms with E-state index in [1.165, 1.54) is 0 Å². The van der Waals surface area contributed by atoms with Gasteiger partial charge in [-0.25, -0.2) is 4.39 Å². The first-order valence-electron chi connectivity index (χ1n) is 4.30. The highest BCUT2D eigenvalue weighted by Crippen LogP contribution is 2.42. The lowest BCUT2D eigenvalue weighted by Crippen LogP contribution is -2.30. The third kappa shape index (κ3) is 2.05. The molecule has 1 saturated carbocycles. The van der Waals surface area contributed by atoms with Crippen molar-refractivity contribution in [3.8, 4) is 0 Å². The number of halogens is 1. The van der Waals surface area contributed by atoms with Crippen LogP contribution in [0.3, 0.4) is 0 Å². The summed E-state index contributed by atoms with van der Waals surface area (Å²) in [7, 11) is 0. The number of allylic oxidation sites excluding steroid dienone is 1. The monoisotopic (exact) mass is 156 g/mol. The van der Waals surface area contributed by atoms with Crippen molar-refractivity contribution < 1.29 is 4.39 Å². The zero-order valence-electron chi connectivity index (χ0n) is 7.49. The Morgan fingerprint density at radius 1 is 1.18 bits per heavy atom. The first-order valence-corrected chi connectivity index (χ1v) is 4.30. The Balaban J connectivity index is 2.54. The van der Waals surface area contributed by atoms with E-state index >= 15 is 0 Å². The van der Waals surface area contributed by atoms with Gasteiger partial charge < -0.3 is 0 Å². The highest BCUT2D eigenvalue weighted by Gasteiger charge is 2.35. The van der Waals surface area contributed by atoms with E-state index in [4.69, 9.17) is 0 Å². The third-order valence-corrected chi connectivity index (χ3v) is 2.93. The van der Waals surface area contributed by atoms with Gasteiger partial charge in [0.25, 0.3) is 0 Å². The van der Waals surface area contributed by atoms with Gasteiger partial charge >= 0.3 is 0 Å².